The fourth-order valence-electron chi connectivity index (χ4n) is 1.44. The summed E-state index contributed by atoms with van der Waals surface area (Å²) in [6.07, 6.45) is 0.583. The molecule has 94 valence electrons. The zero-order chi connectivity index (χ0) is 13.1. The van der Waals surface area contributed by atoms with Gasteiger partial charge in [0.2, 0.25) is 0 Å². The summed E-state index contributed by atoms with van der Waals surface area (Å²) in [6, 6.07) is 4.91. The maximum Gasteiger partial charge on any atom is 0.292 e. The Kier molecular flexibility index (Phi) is 4.07. The summed E-state index contributed by atoms with van der Waals surface area (Å²) >= 11 is 0. The minimum absolute atomic E-state index is 0.0388. The van der Waals surface area contributed by atoms with Gasteiger partial charge in [0.15, 0.2) is 0 Å². The number of hydrogen-bond acceptors (Lipinski definition) is 4. The lowest BCUT2D eigenvalue weighted by atomic mass is 10.0. The van der Waals surface area contributed by atoms with Crippen LogP contribution < -0.4 is 5.32 Å². The van der Waals surface area contributed by atoms with Crippen molar-refractivity contribution < 1.29 is 10.0 Å². The number of hydrogen-bond donors (Lipinski definition) is 2. The van der Waals surface area contributed by atoms with Gasteiger partial charge in [-0.2, -0.15) is 0 Å². The molecule has 5 nitrogen and oxygen atoms in total. The first-order valence-corrected chi connectivity index (χ1v) is 5.57. The van der Waals surface area contributed by atoms with Crippen LogP contribution in [-0.2, 0) is 0 Å². The van der Waals surface area contributed by atoms with Gasteiger partial charge in [0.05, 0.1) is 10.5 Å². The average molecular weight is 238 g/mol. The van der Waals surface area contributed by atoms with Crippen LogP contribution in [0.4, 0.5) is 11.4 Å². The van der Waals surface area contributed by atoms with Crippen molar-refractivity contribution in [1.82, 2.24) is 0 Å². The molecular formula is C12H18N2O3. The van der Waals surface area contributed by atoms with Crippen molar-refractivity contribution in [2.24, 2.45) is 0 Å². The van der Waals surface area contributed by atoms with Gasteiger partial charge in [0, 0.05) is 12.6 Å². The third-order valence-electron chi connectivity index (χ3n) is 2.86. The molecule has 0 radical (unpaired) electrons. The summed E-state index contributed by atoms with van der Waals surface area (Å²) in [5, 5.41) is 23.7. The molecule has 0 fully saturated rings. The molecular weight excluding hydrogens is 220 g/mol. The van der Waals surface area contributed by atoms with E-state index in [1.165, 1.54) is 6.07 Å². The van der Waals surface area contributed by atoms with Crippen molar-refractivity contribution >= 4 is 11.4 Å². The van der Waals surface area contributed by atoms with Crippen LogP contribution in [0.2, 0.25) is 0 Å². The van der Waals surface area contributed by atoms with Crippen LogP contribution in [0, 0.1) is 17.0 Å². The highest BCUT2D eigenvalue weighted by Gasteiger charge is 2.21. The monoisotopic (exact) mass is 238 g/mol. The van der Waals surface area contributed by atoms with Crippen LogP contribution in [0.25, 0.3) is 0 Å². The normalized spacial score (nSPS) is 14.1. The Bertz CT molecular complexity index is 416. The number of nitro groups is 1. The number of para-hydroxylation sites is 1. The third kappa shape index (κ3) is 3.42. The summed E-state index contributed by atoms with van der Waals surface area (Å²) in [6.45, 7) is 5.66. The first kappa shape index (κ1) is 13.4. The minimum Gasteiger partial charge on any atom is -0.388 e. The number of anilines is 1. The molecule has 0 saturated carbocycles. The lowest BCUT2D eigenvalue weighted by Crippen LogP contribution is -2.32. The predicted octanol–water partition coefficient (Wildman–Crippen LogP) is 2.48. The number of nitrogens with zero attached hydrogens (tertiary/aromatic N) is 1. The molecule has 1 atom stereocenters. The average Bonchev–Trinajstić information content (AvgIpc) is 2.27. The summed E-state index contributed by atoms with van der Waals surface area (Å²) in [7, 11) is 0. The zero-order valence-corrected chi connectivity index (χ0v) is 10.4. The molecule has 1 unspecified atom stereocenters. The van der Waals surface area contributed by atoms with Gasteiger partial charge in [-0.15, -0.1) is 0 Å². The van der Waals surface area contributed by atoms with E-state index in [0.29, 0.717) is 12.1 Å². The molecule has 0 aromatic heterocycles. The van der Waals surface area contributed by atoms with E-state index in [0.717, 1.165) is 5.56 Å². The van der Waals surface area contributed by atoms with Crippen molar-refractivity contribution in [3.8, 4) is 0 Å². The molecule has 2 N–H and O–H groups in total. The Balaban J connectivity index is 2.94. The Morgan fingerprint density at radius 2 is 2.18 bits per heavy atom. The number of benzene rings is 1. The highest BCUT2D eigenvalue weighted by atomic mass is 16.6. The largest absolute Gasteiger partial charge is 0.388 e. The molecule has 17 heavy (non-hydrogen) atoms. The Morgan fingerprint density at radius 3 is 2.71 bits per heavy atom. The van der Waals surface area contributed by atoms with Crippen LogP contribution in [0.5, 0.6) is 0 Å². The molecule has 0 aliphatic carbocycles. The molecule has 0 aliphatic rings. The van der Waals surface area contributed by atoms with E-state index in [-0.39, 0.29) is 12.2 Å². The van der Waals surface area contributed by atoms with Crippen LogP contribution in [0.15, 0.2) is 18.2 Å². The molecule has 0 amide bonds. The molecule has 0 saturated heterocycles. The van der Waals surface area contributed by atoms with Gasteiger partial charge in [-0.05, 0) is 25.8 Å². The molecule has 1 aromatic rings. The van der Waals surface area contributed by atoms with Crippen molar-refractivity contribution in [2.75, 3.05) is 11.9 Å². The van der Waals surface area contributed by atoms with E-state index < -0.39 is 10.5 Å². The topological polar surface area (TPSA) is 75.4 Å². The van der Waals surface area contributed by atoms with Crippen molar-refractivity contribution in [1.29, 1.82) is 0 Å². The van der Waals surface area contributed by atoms with Gasteiger partial charge in [-0.25, -0.2) is 0 Å². The van der Waals surface area contributed by atoms with Crippen molar-refractivity contribution in [2.45, 2.75) is 32.8 Å². The molecule has 0 spiro atoms. The highest BCUT2D eigenvalue weighted by Crippen LogP contribution is 2.28. The van der Waals surface area contributed by atoms with E-state index in [9.17, 15) is 15.2 Å². The summed E-state index contributed by atoms with van der Waals surface area (Å²) in [4.78, 5) is 10.5. The van der Waals surface area contributed by atoms with E-state index >= 15 is 0 Å². The Morgan fingerprint density at radius 1 is 1.53 bits per heavy atom. The van der Waals surface area contributed by atoms with E-state index in [1.54, 1.807) is 26.0 Å². The quantitative estimate of drug-likeness (QED) is 0.610. The van der Waals surface area contributed by atoms with Gasteiger partial charge >= 0.3 is 0 Å². The lowest BCUT2D eigenvalue weighted by molar-refractivity contribution is -0.384. The van der Waals surface area contributed by atoms with E-state index in [1.807, 2.05) is 6.92 Å². The van der Waals surface area contributed by atoms with Gasteiger partial charge in [-0.3, -0.25) is 10.1 Å². The second kappa shape index (κ2) is 5.14. The third-order valence-corrected chi connectivity index (χ3v) is 2.86. The van der Waals surface area contributed by atoms with Crippen molar-refractivity contribution in [3.63, 3.8) is 0 Å². The first-order chi connectivity index (χ1) is 7.87. The Hall–Kier alpha value is -1.62. The fourth-order valence-corrected chi connectivity index (χ4v) is 1.44. The maximum atomic E-state index is 10.9. The number of nitro benzene ring substituents is 1. The number of aryl methyl sites for hydroxylation is 1. The molecule has 0 aliphatic heterocycles. The smallest absolute Gasteiger partial charge is 0.292 e. The number of aliphatic hydroxyl groups is 1. The fraction of sp³-hybridized carbons (Fsp3) is 0.500. The molecule has 1 rings (SSSR count). The molecule has 0 heterocycles. The molecule has 1 aromatic carbocycles. The predicted molar refractivity (Wildman–Crippen MR) is 67.2 cm³/mol. The van der Waals surface area contributed by atoms with Crippen LogP contribution in [-0.4, -0.2) is 22.2 Å². The zero-order valence-electron chi connectivity index (χ0n) is 10.4. The molecule has 5 heteroatoms. The highest BCUT2D eigenvalue weighted by molar-refractivity contribution is 5.66. The van der Waals surface area contributed by atoms with E-state index in [4.69, 9.17) is 0 Å². The standard InChI is InChI=1S/C12H18N2O3/c1-4-12(3,15)8-13-11-9(2)6-5-7-10(11)14(16)17/h5-7,13,15H,4,8H2,1-3H3. The van der Waals surface area contributed by atoms with E-state index in [2.05, 4.69) is 5.32 Å². The minimum atomic E-state index is -0.865. The maximum absolute atomic E-state index is 10.9. The lowest BCUT2D eigenvalue weighted by Gasteiger charge is -2.22. The second-order valence-electron chi connectivity index (χ2n) is 4.43. The van der Waals surface area contributed by atoms with Crippen LogP contribution in [0.1, 0.15) is 25.8 Å². The number of rotatable bonds is 5. The summed E-state index contributed by atoms with van der Waals surface area (Å²) in [5.74, 6) is 0. The molecule has 0 bridgehead atoms. The van der Waals surface area contributed by atoms with Gasteiger partial charge in [0.25, 0.3) is 5.69 Å². The Labute approximate surface area is 101 Å². The SMILES string of the molecule is CCC(C)(O)CNc1c(C)cccc1[N+](=O)[O-]. The van der Waals surface area contributed by atoms with Crippen LogP contribution in [0.3, 0.4) is 0 Å². The van der Waals surface area contributed by atoms with Crippen molar-refractivity contribution in [3.05, 3.63) is 33.9 Å². The summed E-state index contributed by atoms with van der Waals surface area (Å²) in [5.41, 5.74) is 0.449. The van der Waals surface area contributed by atoms with Crippen LogP contribution >= 0.6 is 0 Å². The van der Waals surface area contributed by atoms with Gasteiger partial charge in [0.1, 0.15) is 5.69 Å². The summed E-state index contributed by atoms with van der Waals surface area (Å²) < 4.78 is 0. The first-order valence-electron chi connectivity index (χ1n) is 5.57. The van der Waals surface area contributed by atoms with Gasteiger partial charge < -0.3 is 10.4 Å². The van der Waals surface area contributed by atoms with Gasteiger partial charge in [-0.1, -0.05) is 19.1 Å². The second-order valence-corrected chi connectivity index (χ2v) is 4.43. The number of nitrogens with one attached hydrogen (secondary N) is 1.